The third kappa shape index (κ3) is 3.42. The first-order valence-electron chi connectivity index (χ1n) is 8.04. The van der Waals surface area contributed by atoms with Gasteiger partial charge in [0.05, 0.1) is 5.52 Å². The highest BCUT2D eigenvalue weighted by Crippen LogP contribution is 2.18. The third-order valence-corrected chi connectivity index (χ3v) is 4.45. The average molecular weight is 283 g/mol. The Morgan fingerprint density at radius 1 is 1.24 bits per heavy atom. The van der Waals surface area contributed by atoms with E-state index in [1.54, 1.807) is 0 Å². The number of hydrogen-bond acceptors (Lipinski definition) is 3. The normalized spacial score (nSPS) is 17.4. The Kier molecular flexibility index (Phi) is 4.51. The standard InChI is InChI=1S/C18H25N3/c1-14-11-16(17-7-3-4-8-18(17)20-14)13-19-12-15(2)21-9-5-6-10-21/h3-4,7-8,11,15,19H,5-6,9-10,12-13H2,1-2H3. The van der Waals surface area contributed by atoms with Gasteiger partial charge in [-0.3, -0.25) is 9.88 Å². The number of rotatable bonds is 5. The van der Waals surface area contributed by atoms with E-state index in [2.05, 4.69) is 59.4 Å². The fraction of sp³-hybridized carbons (Fsp3) is 0.500. The van der Waals surface area contributed by atoms with E-state index in [4.69, 9.17) is 0 Å². The van der Waals surface area contributed by atoms with Crippen LogP contribution >= 0.6 is 0 Å². The van der Waals surface area contributed by atoms with Crippen molar-refractivity contribution in [2.75, 3.05) is 19.6 Å². The number of nitrogens with zero attached hydrogens (tertiary/aromatic N) is 2. The van der Waals surface area contributed by atoms with Crippen LogP contribution in [0.3, 0.4) is 0 Å². The molecular weight excluding hydrogens is 258 g/mol. The molecule has 0 bridgehead atoms. The molecule has 1 fully saturated rings. The molecule has 1 saturated heterocycles. The van der Waals surface area contributed by atoms with Gasteiger partial charge in [-0.05, 0) is 57.5 Å². The van der Waals surface area contributed by atoms with Gasteiger partial charge in [0.2, 0.25) is 0 Å². The van der Waals surface area contributed by atoms with Crippen molar-refractivity contribution in [2.24, 2.45) is 0 Å². The van der Waals surface area contributed by atoms with Gasteiger partial charge in [-0.1, -0.05) is 18.2 Å². The second-order valence-electron chi connectivity index (χ2n) is 6.16. The largest absolute Gasteiger partial charge is 0.311 e. The first-order valence-corrected chi connectivity index (χ1v) is 8.04. The molecule has 0 saturated carbocycles. The molecule has 1 N–H and O–H groups in total. The minimum Gasteiger partial charge on any atom is -0.311 e. The summed E-state index contributed by atoms with van der Waals surface area (Å²) >= 11 is 0. The summed E-state index contributed by atoms with van der Waals surface area (Å²) in [7, 11) is 0. The molecule has 2 aromatic rings. The van der Waals surface area contributed by atoms with Gasteiger partial charge in [0.25, 0.3) is 0 Å². The van der Waals surface area contributed by atoms with Crippen LogP contribution < -0.4 is 5.32 Å². The third-order valence-electron chi connectivity index (χ3n) is 4.45. The Morgan fingerprint density at radius 3 is 2.81 bits per heavy atom. The van der Waals surface area contributed by atoms with E-state index in [1.165, 1.54) is 36.9 Å². The zero-order valence-electron chi connectivity index (χ0n) is 13.1. The van der Waals surface area contributed by atoms with Crippen molar-refractivity contribution in [1.82, 2.24) is 15.2 Å². The molecule has 1 aliphatic heterocycles. The van der Waals surface area contributed by atoms with Gasteiger partial charge in [-0.25, -0.2) is 0 Å². The van der Waals surface area contributed by atoms with Crippen molar-refractivity contribution in [2.45, 2.75) is 39.3 Å². The van der Waals surface area contributed by atoms with Gasteiger partial charge in [-0.15, -0.1) is 0 Å². The molecular formula is C18H25N3. The zero-order valence-corrected chi connectivity index (χ0v) is 13.1. The summed E-state index contributed by atoms with van der Waals surface area (Å²) in [6.07, 6.45) is 2.72. The summed E-state index contributed by atoms with van der Waals surface area (Å²) in [5, 5.41) is 4.90. The number of fused-ring (bicyclic) bond motifs is 1. The maximum Gasteiger partial charge on any atom is 0.0708 e. The molecule has 0 radical (unpaired) electrons. The molecule has 1 aromatic heterocycles. The number of benzene rings is 1. The first-order chi connectivity index (χ1) is 10.2. The van der Waals surface area contributed by atoms with E-state index in [-0.39, 0.29) is 0 Å². The number of likely N-dealkylation sites (tertiary alicyclic amines) is 1. The Hall–Kier alpha value is -1.45. The molecule has 0 amide bonds. The first kappa shape index (κ1) is 14.5. The van der Waals surface area contributed by atoms with Crippen LogP contribution in [0.25, 0.3) is 10.9 Å². The number of para-hydroxylation sites is 1. The number of nitrogens with one attached hydrogen (secondary N) is 1. The predicted molar refractivity (Wildman–Crippen MR) is 88.5 cm³/mol. The van der Waals surface area contributed by atoms with Crippen LogP contribution in [0.2, 0.25) is 0 Å². The van der Waals surface area contributed by atoms with E-state index >= 15 is 0 Å². The van der Waals surface area contributed by atoms with Gasteiger partial charge >= 0.3 is 0 Å². The molecule has 1 aromatic carbocycles. The molecule has 1 aliphatic rings. The lowest BCUT2D eigenvalue weighted by Crippen LogP contribution is -2.38. The summed E-state index contributed by atoms with van der Waals surface area (Å²) in [5.74, 6) is 0. The summed E-state index contributed by atoms with van der Waals surface area (Å²) in [6, 6.07) is 11.2. The molecule has 0 spiro atoms. The minimum atomic E-state index is 0.627. The van der Waals surface area contributed by atoms with E-state index in [9.17, 15) is 0 Å². The van der Waals surface area contributed by atoms with Crippen LogP contribution in [-0.4, -0.2) is 35.6 Å². The molecule has 3 nitrogen and oxygen atoms in total. The monoisotopic (exact) mass is 283 g/mol. The second kappa shape index (κ2) is 6.54. The maximum absolute atomic E-state index is 4.61. The average Bonchev–Trinajstić information content (AvgIpc) is 3.01. The smallest absolute Gasteiger partial charge is 0.0708 e. The van der Waals surface area contributed by atoms with Crippen LogP contribution in [0.4, 0.5) is 0 Å². The quantitative estimate of drug-likeness (QED) is 0.914. The molecule has 1 unspecified atom stereocenters. The molecule has 3 heteroatoms. The Bertz CT molecular complexity index is 602. The van der Waals surface area contributed by atoms with Gasteiger partial charge in [0.1, 0.15) is 0 Å². The maximum atomic E-state index is 4.61. The molecule has 2 heterocycles. The van der Waals surface area contributed by atoms with Crippen molar-refractivity contribution < 1.29 is 0 Å². The fourth-order valence-corrected chi connectivity index (χ4v) is 3.27. The molecule has 112 valence electrons. The van der Waals surface area contributed by atoms with Crippen molar-refractivity contribution in [1.29, 1.82) is 0 Å². The summed E-state index contributed by atoms with van der Waals surface area (Å²) in [5.41, 5.74) is 3.55. The lowest BCUT2D eigenvalue weighted by Gasteiger charge is -2.24. The highest BCUT2D eigenvalue weighted by molar-refractivity contribution is 5.82. The van der Waals surface area contributed by atoms with E-state index < -0.39 is 0 Å². The SMILES string of the molecule is Cc1cc(CNCC(C)N2CCCC2)c2ccccc2n1. The Balaban J connectivity index is 1.65. The topological polar surface area (TPSA) is 28.2 Å². The predicted octanol–water partition coefficient (Wildman–Crippen LogP) is 3.12. The minimum absolute atomic E-state index is 0.627. The van der Waals surface area contributed by atoms with Crippen LogP contribution in [0.15, 0.2) is 30.3 Å². The van der Waals surface area contributed by atoms with Gasteiger partial charge in [0.15, 0.2) is 0 Å². The summed E-state index contributed by atoms with van der Waals surface area (Å²) in [4.78, 5) is 7.19. The van der Waals surface area contributed by atoms with Crippen LogP contribution in [0, 0.1) is 6.92 Å². The van der Waals surface area contributed by atoms with Crippen molar-refractivity contribution in [3.05, 3.63) is 41.6 Å². The van der Waals surface area contributed by atoms with Gasteiger partial charge < -0.3 is 5.32 Å². The van der Waals surface area contributed by atoms with Gasteiger partial charge in [0, 0.05) is 30.2 Å². The van der Waals surface area contributed by atoms with Crippen molar-refractivity contribution in [3.63, 3.8) is 0 Å². The van der Waals surface area contributed by atoms with E-state index in [0.29, 0.717) is 6.04 Å². The van der Waals surface area contributed by atoms with Crippen LogP contribution in [0.1, 0.15) is 31.0 Å². The highest BCUT2D eigenvalue weighted by Gasteiger charge is 2.17. The second-order valence-corrected chi connectivity index (χ2v) is 6.16. The molecule has 3 rings (SSSR count). The Morgan fingerprint density at radius 2 is 2.00 bits per heavy atom. The highest BCUT2D eigenvalue weighted by atomic mass is 15.2. The molecule has 1 atom stereocenters. The van der Waals surface area contributed by atoms with Crippen molar-refractivity contribution in [3.8, 4) is 0 Å². The zero-order chi connectivity index (χ0) is 14.7. The number of hydrogen-bond donors (Lipinski definition) is 1. The number of pyridine rings is 1. The fourth-order valence-electron chi connectivity index (χ4n) is 3.27. The Labute approximate surface area is 127 Å². The lowest BCUT2D eigenvalue weighted by atomic mass is 10.1. The van der Waals surface area contributed by atoms with Crippen LogP contribution in [0.5, 0.6) is 0 Å². The number of aryl methyl sites for hydroxylation is 1. The summed E-state index contributed by atoms with van der Waals surface area (Å²) < 4.78 is 0. The lowest BCUT2D eigenvalue weighted by molar-refractivity contribution is 0.252. The van der Waals surface area contributed by atoms with Gasteiger partial charge in [-0.2, -0.15) is 0 Å². The van der Waals surface area contributed by atoms with E-state index in [1.807, 2.05) is 0 Å². The van der Waals surface area contributed by atoms with Crippen LogP contribution in [-0.2, 0) is 6.54 Å². The molecule has 0 aliphatic carbocycles. The number of aromatic nitrogens is 1. The van der Waals surface area contributed by atoms with Crippen molar-refractivity contribution >= 4 is 10.9 Å². The molecule has 21 heavy (non-hydrogen) atoms. The summed E-state index contributed by atoms with van der Waals surface area (Å²) in [6.45, 7) is 8.90. The van der Waals surface area contributed by atoms with E-state index in [0.717, 1.165) is 24.3 Å².